The summed E-state index contributed by atoms with van der Waals surface area (Å²) in [6.07, 6.45) is 5.71. The van der Waals surface area contributed by atoms with Crippen LogP contribution in [0, 0.1) is 0 Å². The van der Waals surface area contributed by atoms with Gasteiger partial charge in [0.05, 0.1) is 13.2 Å². The smallest absolute Gasteiger partial charge is 0.327 e. The number of aliphatic carboxylic acids is 1. The Kier molecular flexibility index (Phi) is 7.85. The number of allylic oxidation sites excluding steroid dienone is 1. The molecule has 1 saturated heterocycles. The number of hydrogen-bond donors (Lipinski definition) is 1. The average Bonchev–Trinajstić information content (AvgIpc) is 2.18. The minimum Gasteiger partial charge on any atom is -0.478 e. The minimum absolute atomic E-state index is 0.321. The van der Waals surface area contributed by atoms with E-state index in [0.717, 1.165) is 32.5 Å². The first-order valence-electron chi connectivity index (χ1n) is 5.65. The second kappa shape index (κ2) is 8.30. The monoisotopic (exact) mass is 230 g/mol. The molecule has 0 aromatic rings. The van der Waals surface area contributed by atoms with Gasteiger partial charge in [0, 0.05) is 6.08 Å². The number of rotatable bonds is 3. The fraction of sp³-hybridized carbons (Fsp3) is 0.750. The first-order valence-corrected chi connectivity index (χ1v) is 5.65. The van der Waals surface area contributed by atoms with Gasteiger partial charge in [0.2, 0.25) is 0 Å². The maximum absolute atomic E-state index is 9.79. The molecule has 0 aromatic heterocycles. The van der Waals surface area contributed by atoms with E-state index in [-0.39, 0.29) is 5.79 Å². The third kappa shape index (κ3) is 9.68. The standard InChI is InChI=1S/C6H12O2.C6H10O2/c1-6(2)7-4-3-5-8-6;1-2-3-4-5-6(7)8/h3-5H2,1-2H3;4-5H,2-3H2,1H3,(H,7,8)/b;5-4+. The molecule has 0 aliphatic carbocycles. The van der Waals surface area contributed by atoms with E-state index < -0.39 is 5.97 Å². The zero-order chi connectivity index (χ0) is 12.4. The van der Waals surface area contributed by atoms with Crippen molar-refractivity contribution in [3.63, 3.8) is 0 Å². The van der Waals surface area contributed by atoms with Crippen LogP contribution in [-0.2, 0) is 14.3 Å². The van der Waals surface area contributed by atoms with E-state index in [4.69, 9.17) is 14.6 Å². The zero-order valence-electron chi connectivity index (χ0n) is 10.4. The van der Waals surface area contributed by atoms with Gasteiger partial charge in [0.1, 0.15) is 0 Å². The third-order valence-electron chi connectivity index (χ3n) is 1.90. The maximum atomic E-state index is 9.79. The van der Waals surface area contributed by atoms with E-state index in [1.54, 1.807) is 6.08 Å². The van der Waals surface area contributed by atoms with Crippen molar-refractivity contribution < 1.29 is 19.4 Å². The predicted octanol–water partition coefficient (Wildman–Crippen LogP) is 2.59. The molecule has 0 radical (unpaired) electrons. The summed E-state index contributed by atoms with van der Waals surface area (Å²) in [7, 11) is 0. The lowest BCUT2D eigenvalue weighted by atomic mass is 10.3. The van der Waals surface area contributed by atoms with E-state index in [0.29, 0.717) is 0 Å². The van der Waals surface area contributed by atoms with Gasteiger partial charge in [-0.05, 0) is 26.7 Å². The normalized spacial score (nSPS) is 18.9. The predicted molar refractivity (Wildman–Crippen MR) is 62.3 cm³/mol. The van der Waals surface area contributed by atoms with E-state index in [2.05, 4.69) is 0 Å². The molecule has 1 N–H and O–H groups in total. The van der Waals surface area contributed by atoms with Crippen LogP contribution in [0.2, 0.25) is 0 Å². The van der Waals surface area contributed by atoms with E-state index in [9.17, 15) is 4.79 Å². The molecular formula is C12H22O4. The topological polar surface area (TPSA) is 55.8 Å². The molecule has 0 spiro atoms. The molecule has 0 unspecified atom stereocenters. The van der Waals surface area contributed by atoms with Crippen LogP contribution >= 0.6 is 0 Å². The van der Waals surface area contributed by atoms with Crippen LogP contribution in [0.5, 0.6) is 0 Å². The molecular weight excluding hydrogens is 208 g/mol. The lowest BCUT2D eigenvalue weighted by Crippen LogP contribution is -2.33. The third-order valence-corrected chi connectivity index (χ3v) is 1.90. The molecule has 4 heteroatoms. The van der Waals surface area contributed by atoms with Gasteiger partial charge in [0.15, 0.2) is 5.79 Å². The summed E-state index contributed by atoms with van der Waals surface area (Å²) < 4.78 is 10.5. The summed E-state index contributed by atoms with van der Waals surface area (Å²) in [4.78, 5) is 9.79. The van der Waals surface area contributed by atoms with Crippen molar-refractivity contribution in [1.29, 1.82) is 0 Å². The first-order chi connectivity index (χ1) is 7.48. The van der Waals surface area contributed by atoms with Crippen molar-refractivity contribution >= 4 is 5.97 Å². The van der Waals surface area contributed by atoms with Gasteiger partial charge in [-0.1, -0.05) is 19.4 Å². The van der Waals surface area contributed by atoms with E-state index in [1.165, 1.54) is 6.08 Å². The van der Waals surface area contributed by atoms with Crippen LogP contribution in [0.15, 0.2) is 12.2 Å². The molecule has 94 valence electrons. The SMILES string of the molecule is CC1(C)OCCCO1.CCC/C=C/C(=O)O. The second-order valence-corrected chi connectivity index (χ2v) is 3.98. The van der Waals surface area contributed by atoms with Gasteiger partial charge in [0.25, 0.3) is 0 Å². The molecule has 0 bridgehead atoms. The Morgan fingerprint density at radius 1 is 1.38 bits per heavy atom. The van der Waals surface area contributed by atoms with Gasteiger partial charge in [-0.15, -0.1) is 0 Å². The van der Waals surface area contributed by atoms with E-state index in [1.807, 2.05) is 20.8 Å². The molecule has 1 aliphatic heterocycles. The Hall–Kier alpha value is -0.870. The van der Waals surface area contributed by atoms with Gasteiger partial charge in [-0.3, -0.25) is 0 Å². The molecule has 1 aliphatic rings. The lowest BCUT2D eigenvalue weighted by Gasteiger charge is -2.29. The summed E-state index contributed by atoms with van der Waals surface area (Å²) in [5, 5.41) is 8.05. The Morgan fingerprint density at radius 3 is 2.25 bits per heavy atom. The molecule has 1 rings (SSSR count). The van der Waals surface area contributed by atoms with Crippen LogP contribution in [0.1, 0.15) is 40.0 Å². The van der Waals surface area contributed by atoms with Crippen molar-refractivity contribution in [1.82, 2.24) is 0 Å². The number of carboxylic acids is 1. The number of unbranched alkanes of at least 4 members (excludes halogenated alkanes) is 1. The molecule has 1 fully saturated rings. The number of hydrogen-bond acceptors (Lipinski definition) is 3. The molecule has 0 atom stereocenters. The zero-order valence-corrected chi connectivity index (χ0v) is 10.4. The Labute approximate surface area is 97.2 Å². The molecule has 16 heavy (non-hydrogen) atoms. The van der Waals surface area contributed by atoms with Crippen molar-refractivity contribution in [3.8, 4) is 0 Å². The van der Waals surface area contributed by atoms with Crippen molar-refractivity contribution in [2.24, 2.45) is 0 Å². The highest BCUT2D eigenvalue weighted by Gasteiger charge is 2.21. The number of carboxylic acid groups (broad SMARTS) is 1. The van der Waals surface area contributed by atoms with E-state index >= 15 is 0 Å². The number of carbonyl (C=O) groups is 1. The van der Waals surface area contributed by atoms with Crippen LogP contribution in [0.3, 0.4) is 0 Å². The summed E-state index contributed by atoms with van der Waals surface area (Å²) >= 11 is 0. The molecule has 0 saturated carbocycles. The number of ether oxygens (including phenoxy) is 2. The summed E-state index contributed by atoms with van der Waals surface area (Å²) in [5.74, 6) is -1.18. The molecule has 4 nitrogen and oxygen atoms in total. The molecule has 0 aromatic carbocycles. The van der Waals surface area contributed by atoms with Gasteiger partial charge in [-0.2, -0.15) is 0 Å². The summed E-state index contributed by atoms with van der Waals surface area (Å²) in [5.41, 5.74) is 0. The Morgan fingerprint density at radius 2 is 1.94 bits per heavy atom. The molecule has 1 heterocycles. The lowest BCUT2D eigenvalue weighted by molar-refractivity contribution is -0.244. The fourth-order valence-electron chi connectivity index (χ4n) is 1.09. The maximum Gasteiger partial charge on any atom is 0.327 e. The van der Waals surface area contributed by atoms with Gasteiger partial charge >= 0.3 is 5.97 Å². The van der Waals surface area contributed by atoms with Crippen LogP contribution in [0.25, 0.3) is 0 Å². The highest BCUT2D eigenvalue weighted by molar-refractivity contribution is 5.79. The molecule has 0 amide bonds. The van der Waals surface area contributed by atoms with Crippen molar-refractivity contribution in [2.75, 3.05) is 13.2 Å². The second-order valence-electron chi connectivity index (χ2n) is 3.98. The minimum atomic E-state index is -0.863. The van der Waals surface area contributed by atoms with Crippen molar-refractivity contribution in [2.45, 2.75) is 45.8 Å². The summed E-state index contributed by atoms with van der Waals surface area (Å²) in [6.45, 7) is 7.56. The fourth-order valence-corrected chi connectivity index (χ4v) is 1.09. The first kappa shape index (κ1) is 15.1. The largest absolute Gasteiger partial charge is 0.478 e. The van der Waals surface area contributed by atoms with Crippen molar-refractivity contribution in [3.05, 3.63) is 12.2 Å². The highest BCUT2D eigenvalue weighted by Crippen LogP contribution is 2.15. The highest BCUT2D eigenvalue weighted by atomic mass is 16.7. The van der Waals surface area contributed by atoms with Crippen LogP contribution in [-0.4, -0.2) is 30.1 Å². The van der Waals surface area contributed by atoms with Gasteiger partial charge in [-0.25, -0.2) is 4.79 Å². The van der Waals surface area contributed by atoms with Gasteiger partial charge < -0.3 is 14.6 Å². The van der Waals surface area contributed by atoms with Crippen LogP contribution < -0.4 is 0 Å². The van der Waals surface area contributed by atoms with Crippen LogP contribution in [0.4, 0.5) is 0 Å². The quantitative estimate of drug-likeness (QED) is 0.757. The Bertz CT molecular complexity index is 213. The Balaban J connectivity index is 0.000000281. The average molecular weight is 230 g/mol. The summed E-state index contributed by atoms with van der Waals surface area (Å²) in [6, 6.07) is 0.